The van der Waals surface area contributed by atoms with Crippen molar-refractivity contribution >= 4 is 13.4 Å². The summed E-state index contributed by atoms with van der Waals surface area (Å²) in [5, 5.41) is -1.91. The van der Waals surface area contributed by atoms with E-state index in [2.05, 4.69) is 6.58 Å². The van der Waals surface area contributed by atoms with E-state index >= 15 is 17.6 Å². The number of rotatable bonds is 11. The first-order chi connectivity index (χ1) is 16.4. The van der Waals surface area contributed by atoms with Gasteiger partial charge >= 0.3 is 0 Å². The third-order valence-corrected chi connectivity index (χ3v) is 7.44. The van der Waals surface area contributed by atoms with E-state index < -0.39 is 51.6 Å². The first kappa shape index (κ1) is 27.5. The summed E-state index contributed by atoms with van der Waals surface area (Å²) in [5.74, 6) is -5.60. The first-order valence-corrected chi connectivity index (χ1v) is 12.0. The number of hydrogen-bond acceptors (Lipinski definition) is 2. The molecule has 3 rings (SSSR count). The average Bonchev–Trinajstić information content (AvgIpc) is 2.81. The Morgan fingerprint density at radius 2 is 1.57 bits per heavy atom. The van der Waals surface area contributed by atoms with Gasteiger partial charge in [-0.1, -0.05) is 78.0 Å². The smallest absolute Gasteiger partial charge is 0.167 e. The van der Waals surface area contributed by atoms with E-state index in [9.17, 15) is 0 Å². The SMILES string of the molecule is C=Cc1ccc(C(C)([B]C(C)(C)c2c(F)c(F)c(COCC3(CC)COC3)c(F)c2F)CC)cc1. The molecule has 1 heterocycles. The van der Waals surface area contributed by atoms with Crippen LogP contribution in [-0.2, 0) is 26.7 Å². The summed E-state index contributed by atoms with van der Waals surface area (Å²) < 4.78 is 71.4. The molecule has 1 aliphatic rings. The molecule has 7 heteroatoms. The van der Waals surface area contributed by atoms with Crippen LogP contribution in [0.5, 0.6) is 0 Å². The van der Waals surface area contributed by atoms with Gasteiger partial charge in [0.05, 0.1) is 32.0 Å². The van der Waals surface area contributed by atoms with E-state index in [0.29, 0.717) is 19.6 Å². The minimum absolute atomic E-state index is 0.201. The summed E-state index contributed by atoms with van der Waals surface area (Å²) in [5.41, 5.74) is 0.297. The van der Waals surface area contributed by atoms with Gasteiger partial charge in [0.2, 0.25) is 0 Å². The van der Waals surface area contributed by atoms with Crippen molar-refractivity contribution in [2.75, 3.05) is 19.8 Å². The Morgan fingerprint density at radius 1 is 1.00 bits per heavy atom. The molecule has 0 amide bonds. The summed E-state index contributed by atoms with van der Waals surface area (Å²) in [4.78, 5) is 0. The number of halogens is 4. The highest BCUT2D eigenvalue weighted by molar-refractivity contribution is 6.44. The zero-order valence-electron chi connectivity index (χ0n) is 21.2. The second kappa shape index (κ2) is 10.5. The predicted molar refractivity (Wildman–Crippen MR) is 132 cm³/mol. The molecule has 0 aliphatic carbocycles. The van der Waals surface area contributed by atoms with E-state index in [1.54, 1.807) is 27.2 Å². The van der Waals surface area contributed by atoms with Crippen LogP contribution >= 0.6 is 0 Å². The van der Waals surface area contributed by atoms with Crippen LogP contribution in [-0.4, -0.2) is 27.1 Å². The second-order valence-electron chi connectivity index (χ2n) is 10.4. The normalized spacial score (nSPS) is 16.9. The highest BCUT2D eigenvalue weighted by Gasteiger charge is 2.41. The highest BCUT2D eigenvalue weighted by atomic mass is 19.2. The Morgan fingerprint density at radius 3 is 2.00 bits per heavy atom. The third-order valence-electron chi connectivity index (χ3n) is 7.44. The molecule has 1 unspecified atom stereocenters. The molecule has 0 aromatic heterocycles. The maximum absolute atomic E-state index is 15.3. The quantitative estimate of drug-likeness (QED) is 0.191. The van der Waals surface area contributed by atoms with Gasteiger partial charge in [0.1, 0.15) is 7.28 Å². The van der Waals surface area contributed by atoms with E-state index in [1.165, 1.54) is 0 Å². The number of hydrogen-bond donors (Lipinski definition) is 0. The van der Waals surface area contributed by atoms with Gasteiger partial charge < -0.3 is 9.47 Å². The minimum Gasteiger partial charge on any atom is -0.380 e. The molecule has 1 atom stereocenters. The van der Waals surface area contributed by atoms with Crippen molar-refractivity contribution in [2.24, 2.45) is 5.41 Å². The molecule has 1 saturated heterocycles. The molecule has 2 aromatic carbocycles. The van der Waals surface area contributed by atoms with Crippen LogP contribution in [0.2, 0.25) is 0 Å². The lowest BCUT2D eigenvalue weighted by Crippen LogP contribution is -2.45. The van der Waals surface area contributed by atoms with Crippen molar-refractivity contribution in [2.45, 2.75) is 64.7 Å². The summed E-state index contributed by atoms with van der Waals surface area (Å²) in [6, 6.07) is 7.67. The fourth-order valence-electron chi connectivity index (χ4n) is 4.78. The standard InChI is InChI=1S/C28H34BF4O2/c1-7-18-10-12-19(13-11-18)27(6,8-2)29-26(4,5)21-24(32)22(30)20(23(31)25(21)33)14-34-15-28(9-3)16-35-17-28/h7,10-13H,1,8-9,14-17H2,2-6H3. The Hall–Kier alpha value is -2.12. The second-order valence-corrected chi connectivity index (χ2v) is 10.4. The van der Waals surface area contributed by atoms with E-state index in [0.717, 1.165) is 17.5 Å². The summed E-state index contributed by atoms with van der Waals surface area (Å²) >= 11 is 0. The van der Waals surface area contributed by atoms with Crippen molar-refractivity contribution in [3.8, 4) is 0 Å². The van der Waals surface area contributed by atoms with Crippen LogP contribution in [0.3, 0.4) is 0 Å². The fraction of sp³-hybridized carbons (Fsp3) is 0.500. The molecular formula is C28H34BF4O2. The van der Waals surface area contributed by atoms with E-state index in [-0.39, 0.29) is 12.0 Å². The highest BCUT2D eigenvalue weighted by Crippen LogP contribution is 2.39. The fourth-order valence-corrected chi connectivity index (χ4v) is 4.78. The van der Waals surface area contributed by atoms with Crippen molar-refractivity contribution < 1.29 is 27.0 Å². The molecule has 35 heavy (non-hydrogen) atoms. The Labute approximate surface area is 207 Å². The van der Waals surface area contributed by atoms with Crippen LogP contribution in [0.15, 0.2) is 30.8 Å². The van der Waals surface area contributed by atoms with Crippen LogP contribution in [0.25, 0.3) is 6.08 Å². The minimum atomic E-state index is -1.41. The van der Waals surface area contributed by atoms with Gasteiger partial charge in [0.15, 0.2) is 23.3 Å². The molecule has 0 saturated carbocycles. The van der Waals surface area contributed by atoms with Crippen LogP contribution in [0.1, 0.15) is 69.7 Å². The average molecular weight is 489 g/mol. The molecule has 1 fully saturated rings. The van der Waals surface area contributed by atoms with Gasteiger partial charge in [-0.2, -0.15) is 0 Å². The maximum Gasteiger partial charge on any atom is 0.167 e. The number of benzene rings is 2. The molecule has 1 aliphatic heterocycles. The lowest BCUT2D eigenvalue weighted by molar-refractivity contribution is -0.152. The molecule has 2 nitrogen and oxygen atoms in total. The Balaban J connectivity index is 1.90. The van der Waals surface area contributed by atoms with E-state index in [1.807, 2.05) is 45.0 Å². The predicted octanol–water partition coefficient (Wildman–Crippen LogP) is 7.09. The third kappa shape index (κ3) is 5.36. The molecule has 1 radical (unpaired) electrons. The van der Waals surface area contributed by atoms with Crippen LogP contribution in [0.4, 0.5) is 17.6 Å². The van der Waals surface area contributed by atoms with Gasteiger partial charge in [-0.15, -0.1) is 0 Å². The zero-order valence-corrected chi connectivity index (χ0v) is 21.2. The summed E-state index contributed by atoms with van der Waals surface area (Å²) in [6.07, 6.45) is 3.12. The van der Waals surface area contributed by atoms with Gasteiger partial charge in [-0.05, 0) is 28.2 Å². The van der Waals surface area contributed by atoms with Crippen molar-refractivity contribution in [3.05, 3.63) is 76.4 Å². The van der Waals surface area contributed by atoms with Crippen molar-refractivity contribution in [1.29, 1.82) is 0 Å². The molecule has 189 valence electrons. The lowest BCUT2D eigenvalue weighted by Gasteiger charge is -2.40. The lowest BCUT2D eigenvalue weighted by atomic mass is 9.36. The van der Waals surface area contributed by atoms with Crippen molar-refractivity contribution in [1.82, 2.24) is 0 Å². The van der Waals surface area contributed by atoms with Crippen molar-refractivity contribution in [3.63, 3.8) is 0 Å². The maximum atomic E-state index is 15.3. The summed E-state index contributed by atoms with van der Waals surface area (Å²) in [7, 11) is 1.76. The van der Waals surface area contributed by atoms with Gasteiger partial charge in [0.25, 0.3) is 0 Å². The molecule has 0 N–H and O–H groups in total. The van der Waals surface area contributed by atoms with Gasteiger partial charge in [-0.25, -0.2) is 17.6 Å². The number of ether oxygens (including phenoxy) is 2. The Bertz CT molecular complexity index is 1030. The van der Waals surface area contributed by atoms with Gasteiger partial charge in [0, 0.05) is 11.0 Å². The molecule has 0 bridgehead atoms. The van der Waals surface area contributed by atoms with Crippen LogP contribution in [0, 0.1) is 28.7 Å². The largest absolute Gasteiger partial charge is 0.380 e. The topological polar surface area (TPSA) is 18.5 Å². The molecule has 0 spiro atoms. The first-order valence-electron chi connectivity index (χ1n) is 12.0. The summed E-state index contributed by atoms with van der Waals surface area (Å²) in [6.45, 7) is 13.4. The molecular weight excluding hydrogens is 455 g/mol. The van der Waals surface area contributed by atoms with E-state index in [4.69, 9.17) is 9.47 Å². The van der Waals surface area contributed by atoms with Crippen LogP contribution < -0.4 is 0 Å². The zero-order chi connectivity index (χ0) is 26.0. The molecule has 2 aromatic rings. The Kier molecular flexibility index (Phi) is 8.22. The van der Waals surface area contributed by atoms with Gasteiger partial charge in [-0.3, -0.25) is 0 Å². The monoisotopic (exact) mass is 489 g/mol.